The van der Waals surface area contributed by atoms with E-state index in [4.69, 9.17) is 15.7 Å². The highest BCUT2D eigenvalue weighted by molar-refractivity contribution is 5.79. The van der Waals surface area contributed by atoms with E-state index in [0.717, 1.165) is 25.1 Å². The van der Waals surface area contributed by atoms with Crippen molar-refractivity contribution in [3.63, 3.8) is 0 Å². The van der Waals surface area contributed by atoms with Crippen molar-refractivity contribution in [3.05, 3.63) is 23.9 Å². The van der Waals surface area contributed by atoms with Gasteiger partial charge in [0.05, 0.1) is 7.11 Å². The van der Waals surface area contributed by atoms with E-state index >= 15 is 0 Å². The number of aromatic nitrogens is 1. The Bertz CT molecular complexity index is 351. The first-order valence-corrected chi connectivity index (χ1v) is 5.42. The molecule has 0 saturated heterocycles. The summed E-state index contributed by atoms with van der Waals surface area (Å²) in [5.74, 6) is 0.874. The van der Waals surface area contributed by atoms with Crippen molar-refractivity contribution >= 4 is 5.84 Å². The van der Waals surface area contributed by atoms with E-state index in [1.807, 2.05) is 12.1 Å². The van der Waals surface area contributed by atoms with Gasteiger partial charge in [-0.15, -0.1) is 0 Å². The van der Waals surface area contributed by atoms with E-state index in [1.165, 1.54) is 0 Å². The maximum atomic E-state index is 8.34. The average molecular weight is 238 g/mol. The first-order chi connectivity index (χ1) is 8.26. The van der Waals surface area contributed by atoms with Crippen LogP contribution in [-0.2, 0) is 6.54 Å². The second-order valence-electron chi connectivity index (χ2n) is 3.58. The lowest BCUT2D eigenvalue weighted by atomic mass is 10.2. The molecule has 17 heavy (non-hydrogen) atoms. The fraction of sp³-hybridized carbons (Fsp3) is 0.455. The number of oxime groups is 1. The number of nitrogens with two attached hydrogens (primary N) is 1. The Morgan fingerprint density at radius 3 is 3.00 bits per heavy atom. The minimum absolute atomic E-state index is 0.262. The molecule has 0 spiro atoms. The molecule has 6 heteroatoms. The van der Waals surface area contributed by atoms with Crippen molar-refractivity contribution in [2.24, 2.45) is 10.9 Å². The third-order valence-corrected chi connectivity index (χ3v) is 2.25. The molecule has 0 atom stereocenters. The lowest BCUT2D eigenvalue weighted by Crippen LogP contribution is -2.18. The molecule has 1 aromatic heterocycles. The molecule has 94 valence electrons. The number of hydrogen-bond donors (Lipinski definition) is 3. The molecular weight excluding hydrogens is 220 g/mol. The molecule has 0 unspecified atom stereocenters. The van der Waals surface area contributed by atoms with Crippen molar-refractivity contribution in [1.82, 2.24) is 10.3 Å². The van der Waals surface area contributed by atoms with E-state index < -0.39 is 0 Å². The van der Waals surface area contributed by atoms with Gasteiger partial charge >= 0.3 is 0 Å². The van der Waals surface area contributed by atoms with Gasteiger partial charge in [0.2, 0.25) is 5.88 Å². The van der Waals surface area contributed by atoms with Crippen LogP contribution in [0.4, 0.5) is 0 Å². The largest absolute Gasteiger partial charge is 0.481 e. The van der Waals surface area contributed by atoms with Gasteiger partial charge in [-0.1, -0.05) is 11.2 Å². The van der Waals surface area contributed by atoms with Gasteiger partial charge in [0.25, 0.3) is 0 Å². The summed E-state index contributed by atoms with van der Waals surface area (Å²) in [6, 6.07) is 3.79. The van der Waals surface area contributed by atoms with Gasteiger partial charge < -0.3 is 21.0 Å². The summed E-state index contributed by atoms with van der Waals surface area (Å²) in [4.78, 5) is 4.10. The Labute approximate surface area is 100 Å². The lowest BCUT2D eigenvalue weighted by molar-refractivity contribution is 0.316. The smallest absolute Gasteiger partial charge is 0.212 e. The quantitative estimate of drug-likeness (QED) is 0.214. The minimum atomic E-state index is 0.262. The fourth-order valence-electron chi connectivity index (χ4n) is 1.31. The predicted molar refractivity (Wildman–Crippen MR) is 65.1 cm³/mol. The van der Waals surface area contributed by atoms with Crippen molar-refractivity contribution < 1.29 is 9.94 Å². The van der Waals surface area contributed by atoms with Crippen LogP contribution in [0.1, 0.15) is 18.4 Å². The van der Waals surface area contributed by atoms with Gasteiger partial charge in [-0.3, -0.25) is 0 Å². The second-order valence-corrected chi connectivity index (χ2v) is 3.58. The molecule has 0 amide bonds. The summed E-state index contributed by atoms with van der Waals surface area (Å²) in [5.41, 5.74) is 6.44. The third-order valence-electron chi connectivity index (χ3n) is 2.25. The van der Waals surface area contributed by atoms with E-state index in [-0.39, 0.29) is 5.84 Å². The monoisotopic (exact) mass is 238 g/mol. The first-order valence-electron chi connectivity index (χ1n) is 5.42. The van der Waals surface area contributed by atoms with Gasteiger partial charge in [0.1, 0.15) is 5.84 Å². The van der Waals surface area contributed by atoms with Crippen molar-refractivity contribution in [1.29, 1.82) is 0 Å². The van der Waals surface area contributed by atoms with Gasteiger partial charge in [0, 0.05) is 25.2 Å². The van der Waals surface area contributed by atoms with Crippen molar-refractivity contribution in [2.75, 3.05) is 13.7 Å². The summed E-state index contributed by atoms with van der Waals surface area (Å²) in [7, 11) is 1.59. The number of amidine groups is 1. The van der Waals surface area contributed by atoms with Gasteiger partial charge in [-0.25, -0.2) is 4.98 Å². The molecule has 6 nitrogen and oxygen atoms in total. The van der Waals surface area contributed by atoms with Crippen LogP contribution in [0.3, 0.4) is 0 Å². The molecule has 0 radical (unpaired) electrons. The predicted octanol–water partition coefficient (Wildman–Crippen LogP) is 0.706. The maximum absolute atomic E-state index is 8.34. The number of hydrogen-bond acceptors (Lipinski definition) is 5. The van der Waals surface area contributed by atoms with Crippen LogP contribution in [0.5, 0.6) is 5.88 Å². The van der Waals surface area contributed by atoms with E-state index in [0.29, 0.717) is 12.3 Å². The molecule has 4 N–H and O–H groups in total. The molecule has 0 fully saturated rings. The Hall–Kier alpha value is -1.82. The highest BCUT2D eigenvalue weighted by Crippen LogP contribution is 2.06. The van der Waals surface area contributed by atoms with E-state index in [9.17, 15) is 0 Å². The molecule has 0 saturated carbocycles. The molecular formula is C11H18N4O2. The van der Waals surface area contributed by atoms with Crippen molar-refractivity contribution in [3.8, 4) is 5.88 Å². The molecule has 1 aromatic rings. The zero-order valence-corrected chi connectivity index (χ0v) is 9.89. The topological polar surface area (TPSA) is 92.8 Å². The maximum Gasteiger partial charge on any atom is 0.212 e. The Balaban J connectivity index is 2.17. The standard InChI is InChI=1S/C11H18N4O2/c1-17-11-5-4-9(8-14-11)7-13-6-2-3-10(12)15-16/h4-5,8,13,16H,2-3,6-7H2,1H3,(H2,12,15). The number of pyridine rings is 1. The van der Waals surface area contributed by atoms with Crippen LogP contribution >= 0.6 is 0 Å². The summed E-state index contributed by atoms with van der Waals surface area (Å²) in [6.45, 7) is 1.55. The normalized spacial score (nSPS) is 11.5. The van der Waals surface area contributed by atoms with Crippen molar-refractivity contribution in [2.45, 2.75) is 19.4 Å². The molecule has 1 heterocycles. The average Bonchev–Trinajstić information content (AvgIpc) is 2.38. The lowest BCUT2D eigenvalue weighted by Gasteiger charge is -2.05. The van der Waals surface area contributed by atoms with Crippen LogP contribution in [-0.4, -0.2) is 29.7 Å². The Kier molecular flexibility index (Phi) is 5.81. The van der Waals surface area contributed by atoms with Gasteiger partial charge in [0.15, 0.2) is 0 Å². The number of methoxy groups -OCH3 is 1. The molecule has 0 bridgehead atoms. The summed E-state index contributed by atoms with van der Waals surface area (Å²) in [5, 5.41) is 14.5. The molecule has 0 aliphatic carbocycles. The highest BCUT2D eigenvalue weighted by atomic mass is 16.5. The zero-order chi connectivity index (χ0) is 12.5. The summed E-state index contributed by atoms with van der Waals surface area (Å²) < 4.78 is 4.97. The van der Waals surface area contributed by atoms with Crippen LogP contribution < -0.4 is 15.8 Å². The second kappa shape index (κ2) is 7.45. The molecule has 0 aliphatic rings. The van der Waals surface area contributed by atoms with Crippen LogP contribution in [0.25, 0.3) is 0 Å². The summed E-state index contributed by atoms with van der Waals surface area (Å²) >= 11 is 0. The van der Waals surface area contributed by atoms with E-state index in [1.54, 1.807) is 13.3 Å². The SMILES string of the molecule is COc1ccc(CNCCCC(N)=NO)cn1. The number of ether oxygens (including phenoxy) is 1. The molecule has 1 rings (SSSR count). The number of nitrogens with one attached hydrogen (secondary N) is 1. The van der Waals surface area contributed by atoms with Crippen LogP contribution in [0, 0.1) is 0 Å². The Morgan fingerprint density at radius 2 is 2.41 bits per heavy atom. The zero-order valence-electron chi connectivity index (χ0n) is 9.89. The van der Waals surface area contributed by atoms with Crippen LogP contribution in [0.15, 0.2) is 23.5 Å². The van der Waals surface area contributed by atoms with Crippen LogP contribution in [0.2, 0.25) is 0 Å². The fourth-order valence-corrected chi connectivity index (χ4v) is 1.31. The number of rotatable bonds is 7. The van der Waals surface area contributed by atoms with E-state index in [2.05, 4.69) is 15.5 Å². The summed E-state index contributed by atoms with van der Waals surface area (Å²) in [6.07, 6.45) is 3.19. The number of nitrogens with zero attached hydrogens (tertiary/aromatic N) is 2. The highest BCUT2D eigenvalue weighted by Gasteiger charge is 1.96. The minimum Gasteiger partial charge on any atom is -0.481 e. The van der Waals surface area contributed by atoms with Gasteiger partial charge in [-0.05, 0) is 18.5 Å². The molecule has 0 aromatic carbocycles. The Morgan fingerprint density at radius 1 is 1.59 bits per heavy atom. The van der Waals surface area contributed by atoms with Gasteiger partial charge in [-0.2, -0.15) is 0 Å². The third kappa shape index (κ3) is 5.17. The first kappa shape index (κ1) is 13.2. The molecule has 0 aliphatic heterocycles.